The largest absolute Gasteiger partial charge is 0.264 e. The highest BCUT2D eigenvalue weighted by molar-refractivity contribution is 8.20. The number of rotatable bonds is 1. The molecule has 1 aliphatic rings. The Balaban J connectivity index is 2.16. The van der Waals surface area contributed by atoms with Gasteiger partial charge in [0.1, 0.15) is 0 Å². The Kier molecular flexibility index (Phi) is 2.38. The fourth-order valence-electron chi connectivity index (χ4n) is 0.983. The van der Waals surface area contributed by atoms with Gasteiger partial charge in [0.2, 0.25) is 0 Å². The van der Waals surface area contributed by atoms with Gasteiger partial charge in [-0.25, -0.2) is 0 Å². The molecular formula is C8H8NS2. The summed E-state index contributed by atoms with van der Waals surface area (Å²) in [5.41, 5.74) is 1.33. The van der Waals surface area contributed by atoms with Crippen molar-refractivity contribution in [1.82, 2.24) is 4.98 Å². The van der Waals surface area contributed by atoms with Crippen molar-refractivity contribution in [2.45, 2.75) is 4.58 Å². The van der Waals surface area contributed by atoms with E-state index in [2.05, 4.69) is 16.8 Å². The van der Waals surface area contributed by atoms with Crippen molar-refractivity contribution in [1.29, 1.82) is 0 Å². The smallest absolute Gasteiger partial charge is 0.0770 e. The Hall–Kier alpha value is -0.150. The molecule has 1 atom stereocenters. The summed E-state index contributed by atoms with van der Waals surface area (Å²) < 4.78 is 0.587. The third kappa shape index (κ3) is 1.71. The lowest BCUT2D eigenvalue weighted by Crippen LogP contribution is -1.84. The van der Waals surface area contributed by atoms with Gasteiger partial charge in [0, 0.05) is 23.9 Å². The van der Waals surface area contributed by atoms with Crippen LogP contribution in [0.25, 0.3) is 0 Å². The van der Waals surface area contributed by atoms with Gasteiger partial charge in [0.05, 0.1) is 4.58 Å². The first-order valence-corrected chi connectivity index (χ1v) is 5.44. The average Bonchev–Trinajstić information content (AvgIpc) is 2.58. The van der Waals surface area contributed by atoms with Gasteiger partial charge in [-0.15, -0.1) is 23.5 Å². The van der Waals surface area contributed by atoms with Gasteiger partial charge in [-0.05, 0) is 11.6 Å². The Morgan fingerprint density at radius 1 is 1.55 bits per heavy atom. The molecule has 3 heteroatoms. The molecule has 1 unspecified atom stereocenters. The summed E-state index contributed by atoms with van der Waals surface area (Å²) in [6.07, 6.45) is 3.77. The summed E-state index contributed by atoms with van der Waals surface area (Å²) >= 11 is 3.86. The number of hydrogen-bond acceptors (Lipinski definition) is 3. The van der Waals surface area contributed by atoms with Crippen molar-refractivity contribution < 1.29 is 0 Å². The molecular weight excluding hydrogens is 174 g/mol. The molecule has 0 aromatic carbocycles. The predicted molar refractivity (Wildman–Crippen MR) is 51.3 cm³/mol. The quantitative estimate of drug-likeness (QED) is 0.663. The molecule has 1 nitrogen and oxygen atoms in total. The van der Waals surface area contributed by atoms with Gasteiger partial charge < -0.3 is 0 Å². The van der Waals surface area contributed by atoms with Gasteiger partial charge in [-0.1, -0.05) is 6.07 Å². The average molecular weight is 182 g/mol. The lowest BCUT2D eigenvalue weighted by atomic mass is 10.3. The van der Waals surface area contributed by atoms with Gasteiger partial charge in [-0.2, -0.15) is 0 Å². The summed E-state index contributed by atoms with van der Waals surface area (Å²) in [4.78, 5) is 4.09. The van der Waals surface area contributed by atoms with Crippen LogP contribution >= 0.6 is 23.5 Å². The Morgan fingerprint density at radius 2 is 2.55 bits per heavy atom. The Labute approximate surface area is 75.0 Å². The number of nitrogens with zero attached hydrogens (tertiary/aromatic N) is 1. The molecule has 0 aliphatic carbocycles. The number of hydrogen-bond donors (Lipinski definition) is 0. The highest BCUT2D eigenvalue weighted by Crippen LogP contribution is 2.47. The van der Waals surface area contributed by atoms with E-state index in [1.807, 2.05) is 42.0 Å². The summed E-state index contributed by atoms with van der Waals surface area (Å²) in [7, 11) is 0. The van der Waals surface area contributed by atoms with Crippen LogP contribution in [0.2, 0.25) is 0 Å². The lowest BCUT2D eigenvalue weighted by molar-refractivity contribution is 1.24. The topological polar surface area (TPSA) is 12.9 Å². The van der Waals surface area contributed by atoms with Crippen molar-refractivity contribution in [3.8, 4) is 0 Å². The molecule has 2 heterocycles. The minimum Gasteiger partial charge on any atom is -0.264 e. The minimum absolute atomic E-state index is 0.587. The van der Waals surface area contributed by atoms with Crippen molar-refractivity contribution in [3.05, 3.63) is 35.8 Å². The fourth-order valence-corrected chi connectivity index (χ4v) is 3.38. The van der Waals surface area contributed by atoms with Crippen LogP contribution in [0, 0.1) is 5.75 Å². The van der Waals surface area contributed by atoms with E-state index in [4.69, 9.17) is 0 Å². The molecule has 1 fully saturated rings. The Morgan fingerprint density at radius 3 is 3.18 bits per heavy atom. The third-order valence-corrected chi connectivity index (χ3v) is 4.26. The summed E-state index contributed by atoms with van der Waals surface area (Å²) in [6.45, 7) is 0. The molecule has 1 aromatic heterocycles. The standard InChI is InChI=1S/C8H8NS2/c1-2-7(6-9-3-1)8-10-4-5-11-8/h1-4,6,8H,5H2. The van der Waals surface area contributed by atoms with E-state index in [-0.39, 0.29) is 0 Å². The van der Waals surface area contributed by atoms with Crippen molar-refractivity contribution in [3.63, 3.8) is 0 Å². The monoisotopic (exact) mass is 182 g/mol. The van der Waals surface area contributed by atoms with Crippen LogP contribution in [-0.4, -0.2) is 10.7 Å². The third-order valence-electron chi connectivity index (χ3n) is 1.49. The van der Waals surface area contributed by atoms with E-state index in [1.54, 1.807) is 0 Å². The molecule has 1 aromatic rings. The molecule has 11 heavy (non-hydrogen) atoms. The molecule has 1 aliphatic heterocycles. The van der Waals surface area contributed by atoms with Crippen LogP contribution in [-0.2, 0) is 0 Å². The summed E-state index contributed by atoms with van der Waals surface area (Å²) in [6, 6.07) is 4.13. The van der Waals surface area contributed by atoms with Crippen LogP contribution in [0.3, 0.4) is 0 Å². The van der Waals surface area contributed by atoms with Crippen molar-refractivity contribution in [2.24, 2.45) is 0 Å². The first-order chi connectivity index (χ1) is 5.47. The van der Waals surface area contributed by atoms with Crippen molar-refractivity contribution in [2.75, 3.05) is 5.75 Å². The number of aromatic nitrogens is 1. The van der Waals surface area contributed by atoms with Gasteiger partial charge >= 0.3 is 0 Å². The lowest BCUT2D eigenvalue weighted by Gasteiger charge is -2.05. The molecule has 0 saturated carbocycles. The van der Waals surface area contributed by atoms with Gasteiger partial charge in [0.25, 0.3) is 0 Å². The van der Waals surface area contributed by atoms with E-state index in [9.17, 15) is 0 Å². The van der Waals surface area contributed by atoms with Crippen molar-refractivity contribution >= 4 is 23.5 Å². The molecule has 1 saturated heterocycles. The predicted octanol–water partition coefficient (Wildman–Crippen LogP) is 2.72. The van der Waals surface area contributed by atoms with Crippen LogP contribution in [0.5, 0.6) is 0 Å². The first kappa shape index (κ1) is 7.50. The van der Waals surface area contributed by atoms with Crippen LogP contribution < -0.4 is 0 Å². The number of pyridine rings is 1. The second-order valence-electron chi connectivity index (χ2n) is 2.25. The molecule has 0 N–H and O–H groups in total. The van der Waals surface area contributed by atoms with E-state index in [0.717, 1.165) is 5.75 Å². The SMILES string of the molecule is [CH]1CSC(c2cccnc2)S1. The molecule has 0 spiro atoms. The molecule has 0 bridgehead atoms. The second kappa shape index (κ2) is 3.50. The molecule has 1 radical (unpaired) electrons. The highest BCUT2D eigenvalue weighted by atomic mass is 32.2. The zero-order valence-corrected chi connectivity index (χ0v) is 7.57. The summed E-state index contributed by atoms with van der Waals surface area (Å²) in [5, 5.41) is 0. The minimum atomic E-state index is 0.587. The first-order valence-electron chi connectivity index (χ1n) is 3.45. The highest BCUT2D eigenvalue weighted by Gasteiger charge is 2.17. The van der Waals surface area contributed by atoms with E-state index < -0.39 is 0 Å². The van der Waals surface area contributed by atoms with E-state index >= 15 is 0 Å². The zero-order chi connectivity index (χ0) is 7.52. The number of thioether (sulfide) groups is 2. The normalized spacial score (nSPS) is 18.9. The van der Waals surface area contributed by atoms with Crippen LogP contribution in [0.1, 0.15) is 10.1 Å². The molecule has 2 rings (SSSR count). The van der Waals surface area contributed by atoms with Gasteiger partial charge in [-0.3, -0.25) is 4.98 Å². The van der Waals surface area contributed by atoms with E-state index in [0.29, 0.717) is 4.58 Å². The fraction of sp³-hybridized carbons (Fsp3) is 0.250. The maximum absolute atomic E-state index is 4.09. The van der Waals surface area contributed by atoms with E-state index in [1.165, 1.54) is 5.56 Å². The molecule has 57 valence electrons. The van der Waals surface area contributed by atoms with Gasteiger partial charge in [0.15, 0.2) is 0 Å². The Bertz CT molecular complexity index is 219. The van der Waals surface area contributed by atoms with Crippen LogP contribution in [0.4, 0.5) is 0 Å². The summed E-state index contributed by atoms with van der Waals surface area (Å²) in [5.74, 6) is 3.41. The van der Waals surface area contributed by atoms with Crippen LogP contribution in [0.15, 0.2) is 24.5 Å². The second-order valence-corrected chi connectivity index (χ2v) is 4.77. The zero-order valence-electron chi connectivity index (χ0n) is 5.93. The maximum Gasteiger partial charge on any atom is 0.0770 e. The maximum atomic E-state index is 4.09. The molecule has 0 amide bonds.